The molecule has 0 amide bonds. The van der Waals surface area contributed by atoms with Gasteiger partial charge in [-0.25, -0.2) is 4.98 Å². The van der Waals surface area contributed by atoms with Crippen molar-refractivity contribution in [3.8, 4) is 0 Å². The summed E-state index contributed by atoms with van der Waals surface area (Å²) in [6, 6.07) is 0.683. The van der Waals surface area contributed by atoms with Gasteiger partial charge in [-0.15, -0.1) is 0 Å². The lowest BCUT2D eigenvalue weighted by Crippen LogP contribution is -2.18. The van der Waals surface area contributed by atoms with E-state index in [0.29, 0.717) is 12.0 Å². The van der Waals surface area contributed by atoms with Gasteiger partial charge in [0, 0.05) is 23.5 Å². The van der Waals surface area contributed by atoms with Gasteiger partial charge in [-0.2, -0.15) is 4.37 Å². The fraction of sp³-hybridized carbons (Fsp3) is 0.857. The van der Waals surface area contributed by atoms with Crippen molar-refractivity contribution in [3.63, 3.8) is 0 Å². The molecule has 1 heterocycles. The fourth-order valence-corrected chi connectivity index (χ4v) is 3.63. The molecule has 0 atom stereocenters. The summed E-state index contributed by atoms with van der Waals surface area (Å²) in [5.41, 5.74) is 0. The molecule has 2 saturated carbocycles. The van der Waals surface area contributed by atoms with Crippen molar-refractivity contribution in [2.24, 2.45) is 11.8 Å². The number of anilines is 1. The molecule has 2 fully saturated rings. The predicted molar refractivity (Wildman–Crippen MR) is 76.1 cm³/mol. The van der Waals surface area contributed by atoms with E-state index < -0.39 is 0 Å². The zero-order valence-electron chi connectivity index (χ0n) is 11.4. The zero-order valence-corrected chi connectivity index (χ0v) is 12.2. The molecule has 0 radical (unpaired) electrons. The van der Waals surface area contributed by atoms with E-state index in [4.69, 9.17) is 0 Å². The molecule has 1 aromatic heterocycles. The number of rotatable bonds is 4. The average Bonchev–Trinajstić information content (AvgIpc) is 3.05. The summed E-state index contributed by atoms with van der Waals surface area (Å²) in [5.74, 6) is 3.47. The van der Waals surface area contributed by atoms with E-state index in [9.17, 15) is 0 Å². The van der Waals surface area contributed by atoms with Crippen LogP contribution in [-0.2, 0) is 0 Å². The average molecular weight is 265 g/mol. The van der Waals surface area contributed by atoms with Crippen molar-refractivity contribution in [1.82, 2.24) is 9.36 Å². The van der Waals surface area contributed by atoms with E-state index in [2.05, 4.69) is 28.5 Å². The van der Waals surface area contributed by atoms with Crippen molar-refractivity contribution in [2.75, 3.05) is 5.32 Å². The van der Waals surface area contributed by atoms with Crippen LogP contribution in [0.15, 0.2) is 0 Å². The van der Waals surface area contributed by atoms with E-state index >= 15 is 0 Å². The van der Waals surface area contributed by atoms with Crippen LogP contribution in [0.1, 0.15) is 64.1 Å². The molecule has 3 rings (SSSR count). The van der Waals surface area contributed by atoms with Gasteiger partial charge in [0.05, 0.1) is 0 Å². The van der Waals surface area contributed by atoms with Crippen molar-refractivity contribution in [1.29, 1.82) is 0 Å². The van der Waals surface area contributed by atoms with Crippen LogP contribution in [0.4, 0.5) is 5.13 Å². The summed E-state index contributed by atoms with van der Waals surface area (Å²) in [6.45, 7) is 4.70. The van der Waals surface area contributed by atoms with Crippen LogP contribution >= 0.6 is 11.5 Å². The van der Waals surface area contributed by atoms with Gasteiger partial charge in [-0.3, -0.25) is 0 Å². The van der Waals surface area contributed by atoms with E-state index in [1.165, 1.54) is 38.5 Å². The van der Waals surface area contributed by atoms with Crippen LogP contribution in [0.25, 0.3) is 0 Å². The molecule has 2 aliphatic carbocycles. The molecule has 0 saturated heterocycles. The van der Waals surface area contributed by atoms with Gasteiger partial charge in [-0.1, -0.05) is 13.8 Å². The van der Waals surface area contributed by atoms with Crippen LogP contribution in [0.2, 0.25) is 0 Å². The first-order chi connectivity index (χ1) is 8.72. The molecule has 4 heteroatoms. The number of hydrogen-bond donors (Lipinski definition) is 1. The molecule has 3 nitrogen and oxygen atoms in total. The number of nitrogens with one attached hydrogen (secondary N) is 1. The Hall–Kier alpha value is -0.640. The van der Waals surface area contributed by atoms with Crippen molar-refractivity contribution < 1.29 is 0 Å². The second-order valence-corrected chi connectivity index (χ2v) is 6.98. The Morgan fingerprint density at radius 3 is 2.44 bits per heavy atom. The standard InChI is InChI=1S/C14H23N3S/c1-9(2)10-3-5-11(6-4-10)13-16-14(18-17-13)15-12-7-8-12/h9-12H,3-8H2,1-2H3,(H,15,16,17). The predicted octanol–water partition coefficient (Wildman–Crippen LogP) is 4.04. The van der Waals surface area contributed by atoms with Crippen LogP contribution in [-0.4, -0.2) is 15.4 Å². The van der Waals surface area contributed by atoms with Crippen LogP contribution in [0, 0.1) is 11.8 Å². The van der Waals surface area contributed by atoms with Gasteiger partial charge >= 0.3 is 0 Å². The normalized spacial score (nSPS) is 28.6. The summed E-state index contributed by atoms with van der Waals surface area (Å²) in [4.78, 5) is 4.68. The molecule has 1 N–H and O–H groups in total. The maximum atomic E-state index is 4.68. The Morgan fingerprint density at radius 1 is 1.11 bits per heavy atom. The lowest BCUT2D eigenvalue weighted by Gasteiger charge is -2.29. The van der Waals surface area contributed by atoms with Crippen molar-refractivity contribution in [2.45, 2.75) is 64.3 Å². The van der Waals surface area contributed by atoms with Crippen LogP contribution < -0.4 is 5.32 Å². The number of hydrogen-bond acceptors (Lipinski definition) is 4. The summed E-state index contributed by atoms with van der Waals surface area (Å²) in [5, 5.41) is 4.49. The highest BCUT2D eigenvalue weighted by molar-refractivity contribution is 7.09. The quantitative estimate of drug-likeness (QED) is 0.892. The first-order valence-corrected chi connectivity index (χ1v) is 8.10. The molecule has 1 aromatic rings. The minimum Gasteiger partial charge on any atom is -0.358 e. The van der Waals surface area contributed by atoms with E-state index in [1.54, 1.807) is 11.5 Å². The third-order valence-electron chi connectivity index (χ3n) is 4.43. The van der Waals surface area contributed by atoms with Gasteiger partial charge in [0.25, 0.3) is 0 Å². The first kappa shape index (κ1) is 12.4. The largest absolute Gasteiger partial charge is 0.358 e. The monoisotopic (exact) mass is 265 g/mol. The zero-order chi connectivity index (χ0) is 12.5. The highest BCUT2D eigenvalue weighted by Gasteiger charge is 2.27. The first-order valence-electron chi connectivity index (χ1n) is 7.32. The molecule has 0 bridgehead atoms. The summed E-state index contributed by atoms with van der Waals surface area (Å²) < 4.78 is 4.56. The Morgan fingerprint density at radius 2 is 1.83 bits per heavy atom. The maximum absolute atomic E-state index is 4.68. The highest BCUT2D eigenvalue weighted by atomic mass is 32.1. The topological polar surface area (TPSA) is 37.8 Å². The maximum Gasteiger partial charge on any atom is 0.202 e. The Bertz CT molecular complexity index is 389. The Kier molecular flexibility index (Phi) is 3.55. The molecule has 0 aromatic carbocycles. The number of aromatic nitrogens is 2. The molecule has 0 unspecified atom stereocenters. The van der Waals surface area contributed by atoms with Gasteiger partial charge in [0.2, 0.25) is 5.13 Å². The molecular formula is C14H23N3S. The minimum absolute atomic E-state index is 0.617. The van der Waals surface area contributed by atoms with E-state index in [1.807, 2.05) is 0 Å². The molecule has 100 valence electrons. The summed E-state index contributed by atoms with van der Waals surface area (Å²) in [7, 11) is 0. The van der Waals surface area contributed by atoms with E-state index in [-0.39, 0.29) is 0 Å². The van der Waals surface area contributed by atoms with Crippen molar-refractivity contribution >= 4 is 16.7 Å². The van der Waals surface area contributed by atoms with Gasteiger partial charge in [-0.05, 0) is 50.4 Å². The third kappa shape index (κ3) is 2.85. The second kappa shape index (κ2) is 5.16. The Labute approximate surface area is 114 Å². The summed E-state index contributed by atoms with van der Waals surface area (Å²) >= 11 is 1.55. The smallest absolute Gasteiger partial charge is 0.202 e. The van der Waals surface area contributed by atoms with Crippen molar-refractivity contribution in [3.05, 3.63) is 5.82 Å². The van der Waals surface area contributed by atoms with Gasteiger partial charge in [0.15, 0.2) is 0 Å². The lowest BCUT2D eigenvalue weighted by molar-refractivity contribution is 0.255. The SMILES string of the molecule is CC(C)C1CCC(c2nsc(NC3CC3)n2)CC1. The third-order valence-corrected chi connectivity index (χ3v) is 5.09. The summed E-state index contributed by atoms with van der Waals surface area (Å²) in [6.07, 6.45) is 7.87. The molecule has 2 aliphatic rings. The van der Waals surface area contributed by atoms with Gasteiger partial charge in [0.1, 0.15) is 5.82 Å². The molecule has 0 aliphatic heterocycles. The highest BCUT2D eigenvalue weighted by Crippen LogP contribution is 2.38. The van der Waals surface area contributed by atoms with Crippen LogP contribution in [0.5, 0.6) is 0 Å². The Balaban J connectivity index is 1.56. The van der Waals surface area contributed by atoms with E-state index in [0.717, 1.165) is 22.8 Å². The number of nitrogens with zero attached hydrogens (tertiary/aromatic N) is 2. The minimum atomic E-state index is 0.617. The molecule has 18 heavy (non-hydrogen) atoms. The molecular weight excluding hydrogens is 242 g/mol. The second-order valence-electron chi connectivity index (χ2n) is 6.23. The lowest BCUT2D eigenvalue weighted by atomic mass is 9.77. The van der Waals surface area contributed by atoms with Gasteiger partial charge < -0.3 is 5.32 Å². The fourth-order valence-electron chi connectivity index (χ4n) is 2.91. The molecule has 0 spiro atoms. The van der Waals surface area contributed by atoms with Crippen LogP contribution in [0.3, 0.4) is 0 Å².